The summed E-state index contributed by atoms with van der Waals surface area (Å²) < 4.78 is 33.5. The molecule has 1 unspecified atom stereocenters. The summed E-state index contributed by atoms with van der Waals surface area (Å²) in [7, 11) is -3.76. The number of carbonyl (C=O) groups excluding carboxylic acids is 2. The molecule has 0 N–H and O–H groups in total. The second kappa shape index (κ2) is 9.44. The Kier molecular flexibility index (Phi) is 7.18. The van der Waals surface area contributed by atoms with Crippen LogP contribution in [0, 0.1) is 0 Å². The van der Waals surface area contributed by atoms with Gasteiger partial charge in [0.25, 0.3) is 0 Å². The van der Waals surface area contributed by atoms with Crippen molar-refractivity contribution in [2.24, 2.45) is 0 Å². The monoisotopic (exact) mass is 487 g/mol. The zero-order valence-corrected chi connectivity index (χ0v) is 18.8. The van der Waals surface area contributed by atoms with Crippen molar-refractivity contribution in [2.45, 2.75) is 37.1 Å². The molecule has 2 aliphatic rings. The topological polar surface area (TPSA) is 87.2 Å². The predicted octanol–water partition coefficient (Wildman–Crippen LogP) is 2.29. The Bertz CT molecular complexity index is 838. The summed E-state index contributed by atoms with van der Waals surface area (Å²) >= 11 is 3.31. The first-order chi connectivity index (χ1) is 13.8. The summed E-state index contributed by atoms with van der Waals surface area (Å²) in [6.07, 6.45) is 1.67. The Labute approximate surface area is 180 Å². The van der Waals surface area contributed by atoms with Crippen molar-refractivity contribution >= 4 is 38.0 Å². The van der Waals surface area contributed by atoms with Crippen molar-refractivity contribution in [2.75, 3.05) is 39.3 Å². The molecule has 160 valence electrons. The highest BCUT2D eigenvalue weighted by atomic mass is 79.9. The zero-order chi connectivity index (χ0) is 21.0. The third-order valence-electron chi connectivity index (χ3n) is 5.28. The molecule has 29 heavy (non-hydrogen) atoms. The molecule has 1 atom stereocenters. The van der Waals surface area contributed by atoms with E-state index in [4.69, 9.17) is 4.74 Å². The van der Waals surface area contributed by atoms with E-state index < -0.39 is 16.1 Å². The van der Waals surface area contributed by atoms with Crippen LogP contribution in [0.3, 0.4) is 0 Å². The zero-order valence-electron chi connectivity index (χ0n) is 16.4. The van der Waals surface area contributed by atoms with Gasteiger partial charge in [-0.1, -0.05) is 22.4 Å². The van der Waals surface area contributed by atoms with Crippen LogP contribution in [0.4, 0.5) is 4.79 Å². The quantitative estimate of drug-likeness (QED) is 0.649. The lowest BCUT2D eigenvalue weighted by Gasteiger charge is -2.40. The first-order valence-electron chi connectivity index (χ1n) is 9.82. The lowest BCUT2D eigenvalue weighted by atomic mass is 10.0. The highest BCUT2D eigenvalue weighted by molar-refractivity contribution is 9.10. The predicted molar refractivity (Wildman–Crippen MR) is 111 cm³/mol. The van der Waals surface area contributed by atoms with E-state index in [0.29, 0.717) is 45.8 Å². The normalized spacial score (nSPS) is 21.1. The molecule has 0 radical (unpaired) electrons. The molecule has 8 nitrogen and oxygen atoms in total. The van der Waals surface area contributed by atoms with Crippen LogP contribution in [0.25, 0.3) is 0 Å². The minimum absolute atomic E-state index is 0.186. The van der Waals surface area contributed by atoms with Gasteiger partial charge in [-0.25, -0.2) is 13.2 Å². The molecular formula is C19H26BrN3O5S. The van der Waals surface area contributed by atoms with E-state index in [1.807, 2.05) is 0 Å². The first-order valence-corrected chi connectivity index (χ1v) is 12.1. The van der Waals surface area contributed by atoms with Crippen molar-refractivity contribution in [3.63, 3.8) is 0 Å². The van der Waals surface area contributed by atoms with Crippen molar-refractivity contribution in [3.8, 4) is 0 Å². The Morgan fingerprint density at radius 3 is 2.28 bits per heavy atom. The van der Waals surface area contributed by atoms with Crippen LogP contribution < -0.4 is 0 Å². The number of hydrogen-bond donors (Lipinski definition) is 0. The van der Waals surface area contributed by atoms with Crippen molar-refractivity contribution in [3.05, 3.63) is 28.7 Å². The maximum absolute atomic E-state index is 13.2. The fourth-order valence-corrected chi connectivity index (χ4v) is 5.63. The molecule has 0 saturated carbocycles. The molecule has 0 bridgehead atoms. The Hall–Kier alpha value is -1.65. The molecule has 1 aromatic carbocycles. The van der Waals surface area contributed by atoms with Crippen LogP contribution >= 0.6 is 15.9 Å². The molecule has 2 saturated heterocycles. The highest BCUT2D eigenvalue weighted by Gasteiger charge is 2.40. The smallest absolute Gasteiger partial charge is 0.409 e. The average Bonchev–Trinajstić information content (AvgIpc) is 2.74. The van der Waals surface area contributed by atoms with Gasteiger partial charge in [0, 0.05) is 37.2 Å². The Morgan fingerprint density at radius 2 is 1.66 bits per heavy atom. The highest BCUT2D eigenvalue weighted by Crippen LogP contribution is 2.27. The molecule has 2 amide bonds. The van der Waals surface area contributed by atoms with Gasteiger partial charge in [0.1, 0.15) is 6.04 Å². The number of benzene rings is 1. The molecule has 0 spiro atoms. The van der Waals surface area contributed by atoms with Gasteiger partial charge in [0.15, 0.2) is 0 Å². The van der Waals surface area contributed by atoms with Gasteiger partial charge < -0.3 is 14.5 Å². The summed E-state index contributed by atoms with van der Waals surface area (Å²) in [6.45, 7) is 3.91. The van der Waals surface area contributed by atoms with E-state index in [-0.39, 0.29) is 16.9 Å². The first kappa shape index (κ1) is 22.0. The number of amides is 2. The van der Waals surface area contributed by atoms with Crippen LogP contribution in [0.2, 0.25) is 0 Å². The Morgan fingerprint density at radius 1 is 1.03 bits per heavy atom. The number of piperazine rings is 1. The minimum Gasteiger partial charge on any atom is -0.450 e. The SMILES string of the molecule is CCOC(=O)N1CCN(C(=O)C2CCCCN2S(=O)(=O)c2ccc(Br)cc2)CC1. The lowest BCUT2D eigenvalue weighted by molar-refractivity contribution is -0.137. The molecule has 0 aromatic heterocycles. The third kappa shape index (κ3) is 4.92. The number of ether oxygens (including phenoxy) is 1. The van der Waals surface area contributed by atoms with Crippen LogP contribution in [-0.2, 0) is 19.6 Å². The number of halogens is 1. The average molecular weight is 488 g/mol. The van der Waals surface area contributed by atoms with Gasteiger partial charge in [-0.15, -0.1) is 0 Å². The molecule has 1 aromatic rings. The number of nitrogens with zero attached hydrogens (tertiary/aromatic N) is 3. The van der Waals surface area contributed by atoms with Crippen molar-refractivity contribution in [1.82, 2.24) is 14.1 Å². The summed E-state index contributed by atoms with van der Waals surface area (Å²) in [6, 6.07) is 5.76. The third-order valence-corrected chi connectivity index (χ3v) is 7.73. The van der Waals surface area contributed by atoms with Gasteiger partial charge in [0.2, 0.25) is 15.9 Å². The molecule has 10 heteroatoms. The van der Waals surface area contributed by atoms with Gasteiger partial charge >= 0.3 is 6.09 Å². The van der Waals surface area contributed by atoms with E-state index >= 15 is 0 Å². The van der Waals surface area contributed by atoms with Gasteiger partial charge in [0.05, 0.1) is 11.5 Å². The van der Waals surface area contributed by atoms with Crippen LogP contribution in [-0.4, -0.2) is 79.9 Å². The molecule has 2 aliphatic heterocycles. The van der Waals surface area contributed by atoms with Crippen LogP contribution in [0.5, 0.6) is 0 Å². The van der Waals surface area contributed by atoms with Gasteiger partial charge in [-0.3, -0.25) is 4.79 Å². The number of sulfonamides is 1. The van der Waals surface area contributed by atoms with Gasteiger partial charge in [-0.05, 0) is 44.0 Å². The van der Waals surface area contributed by atoms with E-state index in [9.17, 15) is 18.0 Å². The number of rotatable bonds is 4. The second-order valence-corrected chi connectivity index (χ2v) is 9.90. The van der Waals surface area contributed by atoms with Crippen LogP contribution in [0.15, 0.2) is 33.6 Å². The number of carbonyl (C=O) groups is 2. The molecule has 2 fully saturated rings. The second-order valence-electron chi connectivity index (χ2n) is 7.09. The number of hydrogen-bond acceptors (Lipinski definition) is 5. The fraction of sp³-hybridized carbons (Fsp3) is 0.579. The maximum atomic E-state index is 13.2. The van der Waals surface area contributed by atoms with Crippen molar-refractivity contribution in [1.29, 1.82) is 0 Å². The van der Waals surface area contributed by atoms with Crippen LogP contribution in [0.1, 0.15) is 26.2 Å². The summed E-state index contributed by atoms with van der Waals surface area (Å²) in [5, 5.41) is 0. The molecule has 0 aliphatic carbocycles. The molecular weight excluding hydrogens is 462 g/mol. The van der Waals surface area contributed by atoms with E-state index in [1.54, 1.807) is 41.0 Å². The Balaban J connectivity index is 1.72. The summed E-state index contributed by atoms with van der Waals surface area (Å²) in [5.41, 5.74) is 0. The van der Waals surface area contributed by atoms with E-state index in [1.165, 1.54) is 4.31 Å². The summed E-state index contributed by atoms with van der Waals surface area (Å²) in [4.78, 5) is 28.4. The van der Waals surface area contributed by atoms with Crippen molar-refractivity contribution < 1.29 is 22.7 Å². The maximum Gasteiger partial charge on any atom is 0.409 e. The molecule has 3 rings (SSSR count). The fourth-order valence-electron chi connectivity index (χ4n) is 3.72. The lowest BCUT2D eigenvalue weighted by Crippen LogP contribution is -2.57. The van der Waals surface area contributed by atoms with E-state index in [2.05, 4.69) is 15.9 Å². The van der Waals surface area contributed by atoms with E-state index in [0.717, 1.165) is 17.3 Å². The molecule has 2 heterocycles. The minimum atomic E-state index is -3.76. The van der Waals surface area contributed by atoms with Gasteiger partial charge in [-0.2, -0.15) is 4.31 Å². The summed E-state index contributed by atoms with van der Waals surface area (Å²) in [5.74, 6) is -0.186. The largest absolute Gasteiger partial charge is 0.450 e. The standard InChI is InChI=1S/C19H26BrN3O5S/c1-2-28-19(25)22-13-11-21(12-14-22)18(24)17-5-3-4-10-23(17)29(26,27)16-8-6-15(20)7-9-16/h6-9,17H,2-5,10-14H2,1H3. The number of piperidine rings is 1.